The van der Waals surface area contributed by atoms with Crippen LogP contribution in [-0.4, -0.2) is 237 Å². The number of fused-ring (bicyclic) bond motifs is 3. The minimum atomic E-state index is -1.80. The van der Waals surface area contributed by atoms with Gasteiger partial charge in [0.15, 0.2) is 0 Å². The first kappa shape index (κ1) is 92.6. The average Bonchev–Trinajstić information content (AvgIpc) is 1.77. The highest BCUT2D eigenvalue weighted by atomic mass is 32.2. The van der Waals surface area contributed by atoms with Gasteiger partial charge >= 0.3 is 5.97 Å². The van der Waals surface area contributed by atoms with Crippen molar-refractivity contribution in [3.63, 3.8) is 0 Å². The molecule has 2 bridgehead atoms. The number of thioether (sulfide) groups is 2. The molecular weight excluding hydrogens is 1480 g/mol. The first-order valence-electron chi connectivity index (χ1n) is 39.2. The van der Waals surface area contributed by atoms with Crippen molar-refractivity contribution < 1.29 is 87.9 Å². The van der Waals surface area contributed by atoms with Crippen LogP contribution in [0.4, 0.5) is 0 Å². The van der Waals surface area contributed by atoms with Gasteiger partial charge in [-0.05, 0) is 184 Å². The molecule has 4 fully saturated rings. The predicted molar refractivity (Wildman–Crippen MR) is 416 cm³/mol. The van der Waals surface area contributed by atoms with E-state index in [1.165, 1.54) is 44.3 Å². The van der Waals surface area contributed by atoms with Gasteiger partial charge in [-0.1, -0.05) is 58.4 Å². The number of rotatable bonds is 18. The SMILES string of the molecule is CCC[C@@H]1NC(=O)[C@H](CC2CCC(O)CC2)NC(=O)[C@H](CCC(=O)O)NC(=O)[C@H](C)NC(=O)[C@H](CC2CNC3NCCCC23)NC(=O)[C@H]([C@@H](C)O)NC(=O)[C@H](CC(C)NCN)NC(=O)[C@H](CC2CCC(O)CC2)NC(=O)[C@H](C(C)(C)C)NC(=O)CCSCc2cccc(c2)CSC[C@@H](C(N)=O)NC(=O)[C@H]([C@@H](C)O)NC1=O. The number of nitrogens with two attached hydrogens (primary N) is 2. The van der Waals surface area contributed by atoms with E-state index in [0.717, 1.165) is 30.5 Å². The van der Waals surface area contributed by atoms with Gasteiger partial charge in [-0.25, -0.2) is 0 Å². The molecule has 0 aromatic heterocycles. The minimum absolute atomic E-state index is 0.00185. The smallest absolute Gasteiger partial charge is 0.303 e. The molecule has 5 aliphatic rings. The summed E-state index contributed by atoms with van der Waals surface area (Å²) >= 11 is 2.72. The van der Waals surface area contributed by atoms with Crippen LogP contribution in [0.3, 0.4) is 0 Å². The highest BCUT2D eigenvalue weighted by Gasteiger charge is 2.44. The zero-order chi connectivity index (χ0) is 81.8. The maximum absolute atomic E-state index is 15.0. The first-order chi connectivity index (χ1) is 52.5. The Hall–Kier alpha value is -7.29. The lowest BCUT2D eigenvalue weighted by Gasteiger charge is -2.34. The lowest BCUT2D eigenvalue weighted by atomic mass is 9.82. The van der Waals surface area contributed by atoms with Crippen LogP contribution < -0.4 is 85.9 Å². The quantitative estimate of drug-likeness (QED) is 0.0705. The Morgan fingerprint density at radius 3 is 1.62 bits per heavy atom. The topological polar surface area (TPSA) is 544 Å². The minimum Gasteiger partial charge on any atom is -0.481 e. The van der Waals surface area contributed by atoms with Gasteiger partial charge in [0.05, 0.1) is 30.6 Å². The second kappa shape index (κ2) is 45.6. The fraction of sp³-hybridized carbons (Fsp3) is 0.747. The summed E-state index contributed by atoms with van der Waals surface area (Å²) in [5, 5.41) is 92.4. The van der Waals surface area contributed by atoms with Gasteiger partial charge < -0.3 is 111 Å². The Balaban J connectivity index is 1.35. The highest BCUT2D eigenvalue weighted by Crippen LogP contribution is 2.33. The summed E-state index contributed by atoms with van der Waals surface area (Å²) in [6, 6.07) is -9.32. The molecule has 23 N–H and O–H groups in total. The van der Waals surface area contributed by atoms with Gasteiger partial charge in [-0.3, -0.25) is 62.3 Å². The maximum atomic E-state index is 15.0. The van der Waals surface area contributed by atoms with Crippen molar-refractivity contribution >= 4 is 100 Å². The zero-order valence-corrected chi connectivity index (χ0v) is 67.0. The number of aliphatic hydroxyl groups excluding tert-OH is 4. The Morgan fingerprint density at radius 2 is 1.07 bits per heavy atom. The van der Waals surface area contributed by atoms with E-state index in [4.69, 9.17) is 11.5 Å². The first-order valence-corrected chi connectivity index (χ1v) is 41.5. The van der Waals surface area contributed by atoms with E-state index < -0.39 is 192 Å². The van der Waals surface area contributed by atoms with Crippen LogP contribution in [0.5, 0.6) is 0 Å². The molecule has 12 amide bonds. The van der Waals surface area contributed by atoms with Crippen molar-refractivity contribution in [2.24, 2.45) is 40.6 Å². The molecule has 4 unspecified atom stereocenters. The number of aliphatic carboxylic acids is 1. The molecule has 2 saturated carbocycles. The summed E-state index contributed by atoms with van der Waals surface area (Å²) in [4.78, 5) is 185. The molecule has 36 heteroatoms. The molecule has 1 aromatic rings. The molecule has 0 radical (unpaired) electrons. The van der Waals surface area contributed by atoms with Crippen molar-refractivity contribution in [2.45, 2.75) is 292 Å². The number of carboxylic acid groups (broad SMARTS) is 1. The summed E-state index contributed by atoms with van der Waals surface area (Å²) in [6.45, 7) is 13.5. The third kappa shape index (κ3) is 30.5. The normalized spacial score (nSPS) is 31.7. The molecule has 3 heterocycles. The molecular formula is C75H124N16O18S2. The summed E-state index contributed by atoms with van der Waals surface area (Å²) in [7, 11) is 0. The number of amides is 12. The monoisotopic (exact) mass is 1600 g/mol. The molecule has 2 aliphatic carbocycles. The van der Waals surface area contributed by atoms with Crippen molar-refractivity contribution in [3.05, 3.63) is 35.4 Å². The van der Waals surface area contributed by atoms with Crippen molar-refractivity contribution in [1.82, 2.24) is 74.4 Å². The van der Waals surface area contributed by atoms with Crippen LogP contribution in [0.25, 0.3) is 0 Å². The van der Waals surface area contributed by atoms with E-state index in [1.54, 1.807) is 34.6 Å². The van der Waals surface area contributed by atoms with E-state index in [1.807, 2.05) is 24.3 Å². The van der Waals surface area contributed by atoms with Gasteiger partial charge in [0.1, 0.15) is 66.5 Å². The van der Waals surface area contributed by atoms with Gasteiger partial charge in [0.25, 0.3) is 0 Å². The maximum Gasteiger partial charge on any atom is 0.303 e. The summed E-state index contributed by atoms with van der Waals surface area (Å²) in [5.74, 6) is -11.5. The fourth-order valence-corrected chi connectivity index (χ4v) is 16.8. The van der Waals surface area contributed by atoms with Gasteiger partial charge in [-0.15, -0.1) is 0 Å². The predicted octanol–water partition coefficient (Wildman–Crippen LogP) is -2.03. The number of benzene rings is 1. The van der Waals surface area contributed by atoms with Crippen molar-refractivity contribution in [1.29, 1.82) is 0 Å². The number of nitrogens with one attached hydrogen (secondary N) is 14. The third-order valence-corrected chi connectivity index (χ3v) is 23.5. The van der Waals surface area contributed by atoms with Crippen LogP contribution >= 0.6 is 23.5 Å². The van der Waals surface area contributed by atoms with Crippen molar-refractivity contribution in [2.75, 3.05) is 31.3 Å². The molecule has 1 aromatic carbocycles. The second-order valence-electron chi connectivity index (χ2n) is 31.7. The largest absolute Gasteiger partial charge is 0.481 e. The summed E-state index contributed by atoms with van der Waals surface area (Å²) < 4.78 is 0. The standard InChI is InChI=1S/C75H124N16O18S2/c1-9-12-51-67(102)90-61(42(5)93)73(108)88-57(63(77)99)37-111-36-46-14-10-13-45(30-46)35-110-28-26-58(96)89-62(75(6,7)8)74(109)87-55(32-44-18-22-49(95)23-19-44)70(105)84-53(29-39(2)80-38-76)71(106)91-60(41(4)92)72(107)86-56(33-47-34-79-64-50(47)15-11-27-78-64)68(103)81-40(3)65(100)82-52(24-25-59(97)98)66(101)85-54(69(104)83-51)31-43-16-20-48(94)21-17-43/h10,13-14,30,39-44,47-57,60-62,64,78-80,92-95H,9,11-12,15-29,31-38,76H2,1-8H3,(H2,77,99)(H,81,103)(H,82,100)(H,83,104)(H,84,105)(H,85,101)(H,86,107)(H,87,109)(H,88,108)(H,89,96)(H,90,102)(H,91,106)(H,97,98)/t39?,40-,41+,42+,43?,44?,47?,48?,49?,50?,51-,52-,53-,54-,55-,56-,57-,60-,61-,62+,64?/m0/s1. The number of piperidine rings is 1. The van der Waals surface area contributed by atoms with E-state index >= 15 is 0 Å². The van der Waals surface area contributed by atoms with Crippen molar-refractivity contribution in [3.8, 4) is 0 Å². The zero-order valence-electron chi connectivity index (χ0n) is 65.3. The third-order valence-electron chi connectivity index (χ3n) is 21.4. The summed E-state index contributed by atoms with van der Waals surface area (Å²) in [5.41, 5.74) is 12.5. The number of hydrogen-bond acceptors (Lipinski definition) is 23. The van der Waals surface area contributed by atoms with Gasteiger partial charge in [0.2, 0.25) is 70.9 Å². The van der Waals surface area contributed by atoms with E-state index in [0.29, 0.717) is 75.2 Å². The number of carbonyl (C=O) groups is 13. The molecule has 2 saturated heterocycles. The fourth-order valence-electron chi connectivity index (χ4n) is 14.9. The van der Waals surface area contributed by atoms with Crippen LogP contribution in [0.1, 0.15) is 189 Å². The molecule has 111 heavy (non-hydrogen) atoms. The van der Waals surface area contributed by atoms with Crippen LogP contribution in [0.15, 0.2) is 24.3 Å². The van der Waals surface area contributed by atoms with Crippen LogP contribution in [0.2, 0.25) is 0 Å². The number of aliphatic hydroxyl groups is 4. The van der Waals surface area contributed by atoms with E-state index in [-0.39, 0.29) is 87.2 Å². The van der Waals surface area contributed by atoms with E-state index in [9.17, 15) is 87.9 Å². The van der Waals surface area contributed by atoms with E-state index in [2.05, 4.69) is 74.4 Å². The van der Waals surface area contributed by atoms with Gasteiger partial charge in [-0.2, -0.15) is 23.5 Å². The second-order valence-corrected chi connectivity index (χ2v) is 33.9. The highest BCUT2D eigenvalue weighted by molar-refractivity contribution is 7.98. The van der Waals surface area contributed by atoms with Gasteiger partial charge in [0, 0.05) is 48.6 Å². The Morgan fingerprint density at radius 1 is 0.586 bits per heavy atom. The number of carbonyl (C=O) groups excluding carboxylic acids is 12. The van der Waals surface area contributed by atoms with Crippen LogP contribution in [-0.2, 0) is 73.8 Å². The average molecular weight is 1600 g/mol. The molecule has 624 valence electrons. The molecule has 0 spiro atoms. The number of hydrogen-bond donors (Lipinski definition) is 21. The Kier molecular flexibility index (Phi) is 38.0. The lowest BCUT2D eigenvalue weighted by Crippen LogP contribution is -2.63. The molecule has 6 rings (SSSR count). The molecule has 34 nitrogen and oxygen atoms in total. The van der Waals surface area contributed by atoms with Crippen LogP contribution in [0, 0.1) is 29.1 Å². The molecule has 3 aliphatic heterocycles. The molecule has 17 atom stereocenters. The Bertz CT molecular complexity index is 3300. The Labute approximate surface area is 658 Å². The summed E-state index contributed by atoms with van der Waals surface area (Å²) in [6.07, 6.45) is -0.608. The number of primary amides is 1. The lowest BCUT2D eigenvalue weighted by molar-refractivity contribution is -0.139. The number of carboxylic acids is 1.